The van der Waals surface area contributed by atoms with Gasteiger partial charge in [0.25, 0.3) is 0 Å². The zero-order chi connectivity index (χ0) is 14.6. The molecule has 1 atom stereocenters. The van der Waals surface area contributed by atoms with Crippen LogP contribution in [0.15, 0.2) is 24.3 Å². The lowest BCUT2D eigenvalue weighted by atomic mass is 9.79. The Labute approximate surface area is 124 Å². The first-order valence-corrected chi connectivity index (χ1v) is 8.16. The molecule has 0 spiro atoms. The minimum atomic E-state index is 0.249. The van der Waals surface area contributed by atoms with Gasteiger partial charge in [0.15, 0.2) is 0 Å². The molecule has 0 aliphatic carbocycles. The van der Waals surface area contributed by atoms with Crippen molar-refractivity contribution in [3.8, 4) is 0 Å². The maximum Gasteiger partial charge on any atom is 0.0504 e. The maximum atomic E-state index is 3.62. The summed E-state index contributed by atoms with van der Waals surface area (Å²) in [5.74, 6) is 0. The molecule has 1 aliphatic heterocycles. The van der Waals surface area contributed by atoms with Crippen molar-refractivity contribution in [1.82, 2.24) is 10.2 Å². The molecule has 1 aromatic carbocycles. The molecule has 1 N–H and O–H groups in total. The van der Waals surface area contributed by atoms with Gasteiger partial charge in [0, 0.05) is 5.54 Å². The van der Waals surface area contributed by atoms with E-state index in [0.717, 1.165) is 0 Å². The Bertz CT molecular complexity index is 417. The fraction of sp³-hybridized carbons (Fsp3) is 0.667. The lowest BCUT2D eigenvalue weighted by Gasteiger charge is -2.47. The Hall–Kier alpha value is -0.860. The van der Waals surface area contributed by atoms with Gasteiger partial charge >= 0.3 is 0 Å². The number of likely N-dealkylation sites (tertiary alicyclic amines) is 1. The maximum absolute atomic E-state index is 3.62. The van der Waals surface area contributed by atoms with Gasteiger partial charge in [-0.2, -0.15) is 0 Å². The predicted molar refractivity (Wildman–Crippen MR) is 87.1 cm³/mol. The monoisotopic (exact) mass is 274 g/mol. The van der Waals surface area contributed by atoms with Gasteiger partial charge in [-0.25, -0.2) is 0 Å². The molecule has 1 unspecified atom stereocenters. The molecule has 1 saturated heterocycles. The van der Waals surface area contributed by atoms with Crippen LogP contribution in [0.3, 0.4) is 0 Å². The number of hydrogen-bond acceptors (Lipinski definition) is 2. The van der Waals surface area contributed by atoms with Crippen molar-refractivity contribution >= 4 is 0 Å². The molecular formula is C18H30N2. The van der Waals surface area contributed by atoms with E-state index in [9.17, 15) is 0 Å². The van der Waals surface area contributed by atoms with Crippen LogP contribution in [0.2, 0.25) is 0 Å². The summed E-state index contributed by atoms with van der Waals surface area (Å²) in [5, 5.41) is 3.62. The van der Waals surface area contributed by atoms with Crippen molar-refractivity contribution in [2.24, 2.45) is 0 Å². The van der Waals surface area contributed by atoms with Crippen LogP contribution in [-0.4, -0.2) is 30.6 Å². The first kappa shape index (κ1) is 15.5. The number of aryl methyl sites for hydroxylation is 1. The molecule has 1 aromatic rings. The second-order valence-electron chi connectivity index (χ2n) is 6.14. The molecule has 0 saturated carbocycles. The van der Waals surface area contributed by atoms with E-state index in [2.05, 4.69) is 62.3 Å². The highest BCUT2D eigenvalue weighted by Gasteiger charge is 2.42. The zero-order valence-electron chi connectivity index (χ0n) is 13.6. The number of rotatable bonds is 6. The molecule has 0 radical (unpaired) electrons. The molecular weight excluding hydrogens is 244 g/mol. The first-order chi connectivity index (χ1) is 9.67. The van der Waals surface area contributed by atoms with Gasteiger partial charge in [-0.3, -0.25) is 4.90 Å². The van der Waals surface area contributed by atoms with Gasteiger partial charge in [-0.15, -0.1) is 0 Å². The summed E-state index contributed by atoms with van der Waals surface area (Å²) >= 11 is 0. The molecule has 1 aliphatic rings. The lowest BCUT2D eigenvalue weighted by Crippen LogP contribution is -2.54. The van der Waals surface area contributed by atoms with Crippen molar-refractivity contribution in [2.75, 3.05) is 20.1 Å². The van der Waals surface area contributed by atoms with Crippen molar-refractivity contribution in [2.45, 2.75) is 58.0 Å². The molecule has 0 aromatic heterocycles. The van der Waals surface area contributed by atoms with Gasteiger partial charge in [-0.1, -0.05) is 43.7 Å². The number of benzene rings is 1. The van der Waals surface area contributed by atoms with E-state index < -0.39 is 0 Å². The smallest absolute Gasteiger partial charge is 0.0504 e. The van der Waals surface area contributed by atoms with Gasteiger partial charge in [0.2, 0.25) is 0 Å². The summed E-state index contributed by atoms with van der Waals surface area (Å²) < 4.78 is 0. The Kier molecular flexibility index (Phi) is 5.22. The normalized spacial score (nSPS) is 18.4. The van der Waals surface area contributed by atoms with E-state index in [0.29, 0.717) is 6.04 Å². The predicted octanol–water partition coefficient (Wildman–Crippen LogP) is 3.91. The van der Waals surface area contributed by atoms with Crippen LogP contribution in [0.1, 0.15) is 56.7 Å². The molecule has 1 heterocycles. The quantitative estimate of drug-likeness (QED) is 0.846. The molecule has 2 rings (SSSR count). The number of nitrogens with one attached hydrogen (secondary N) is 1. The average molecular weight is 274 g/mol. The zero-order valence-corrected chi connectivity index (χ0v) is 13.6. The summed E-state index contributed by atoms with van der Waals surface area (Å²) in [6.45, 7) is 9.40. The van der Waals surface area contributed by atoms with Crippen molar-refractivity contribution < 1.29 is 0 Å². The van der Waals surface area contributed by atoms with Crippen molar-refractivity contribution in [3.63, 3.8) is 0 Å². The Balaban J connectivity index is 2.38. The minimum absolute atomic E-state index is 0.249. The highest BCUT2D eigenvalue weighted by atomic mass is 15.2. The standard InChI is InChI=1S/C18H30N2/c1-5-18(6-2,20-12-7-8-13-20)17(19-4)16-11-9-10-15(3)14-16/h9-11,14,17,19H,5-8,12-13H2,1-4H3. The number of likely N-dealkylation sites (N-methyl/N-ethyl adjacent to an activating group) is 1. The summed E-state index contributed by atoms with van der Waals surface area (Å²) in [6, 6.07) is 9.41. The second kappa shape index (κ2) is 6.73. The molecule has 1 fully saturated rings. The summed E-state index contributed by atoms with van der Waals surface area (Å²) in [4.78, 5) is 2.73. The van der Waals surface area contributed by atoms with Crippen LogP contribution in [0.5, 0.6) is 0 Å². The van der Waals surface area contributed by atoms with Crippen LogP contribution in [-0.2, 0) is 0 Å². The Morgan fingerprint density at radius 3 is 2.35 bits per heavy atom. The molecule has 112 valence electrons. The van der Waals surface area contributed by atoms with Gasteiger partial charge in [0.05, 0.1) is 6.04 Å². The third-order valence-electron chi connectivity index (χ3n) is 5.16. The SMILES string of the molecule is CCC(CC)(C(NC)c1cccc(C)c1)N1CCCC1. The summed E-state index contributed by atoms with van der Waals surface area (Å²) in [5.41, 5.74) is 3.03. The second-order valence-corrected chi connectivity index (χ2v) is 6.14. The van der Waals surface area contributed by atoms with E-state index in [-0.39, 0.29) is 5.54 Å². The topological polar surface area (TPSA) is 15.3 Å². The van der Waals surface area contributed by atoms with E-state index in [1.165, 1.54) is 49.9 Å². The van der Waals surface area contributed by atoms with Crippen LogP contribution in [0.25, 0.3) is 0 Å². The minimum Gasteiger partial charge on any atom is -0.311 e. The van der Waals surface area contributed by atoms with Crippen LogP contribution < -0.4 is 5.32 Å². The fourth-order valence-electron chi connectivity index (χ4n) is 4.05. The summed E-state index contributed by atoms with van der Waals surface area (Å²) in [7, 11) is 2.11. The first-order valence-electron chi connectivity index (χ1n) is 8.16. The van der Waals surface area contributed by atoms with Gasteiger partial charge in [-0.05, 0) is 58.3 Å². The number of nitrogens with zero attached hydrogens (tertiary/aromatic N) is 1. The van der Waals surface area contributed by atoms with Gasteiger partial charge in [0.1, 0.15) is 0 Å². The number of hydrogen-bond donors (Lipinski definition) is 1. The van der Waals surface area contributed by atoms with Crippen LogP contribution >= 0.6 is 0 Å². The molecule has 0 amide bonds. The third kappa shape index (κ3) is 2.77. The van der Waals surface area contributed by atoms with Crippen molar-refractivity contribution in [1.29, 1.82) is 0 Å². The summed E-state index contributed by atoms with van der Waals surface area (Å²) in [6.07, 6.45) is 5.10. The average Bonchev–Trinajstić information content (AvgIpc) is 2.99. The molecule has 2 heteroatoms. The highest BCUT2D eigenvalue weighted by Crippen LogP contribution is 2.39. The van der Waals surface area contributed by atoms with Crippen molar-refractivity contribution in [3.05, 3.63) is 35.4 Å². The van der Waals surface area contributed by atoms with Gasteiger partial charge < -0.3 is 5.32 Å². The Morgan fingerprint density at radius 1 is 1.20 bits per heavy atom. The molecule has 20 heavy (non-hydrogen) atoms. The van der Waals surface area contributed by atoms with E-state index in [1.54, 1.807) is 0 Å². The van der Waals surface area contributed by atoms with Crippen LogP contribution in [0.4, 0.5) is 0 Å². The molecule has 0 bridgehead atoms. The van der Waals surface area contributed by atoms with E-state index >= 15 is 0 Å². The van der Waals surface area contributed by atoms with E-state index in [4.69, 9.17) is 0 Å². The lowest BCUT2D eigenvalue weighted by molar-refractivity contribution is 0.0647. The van der Waals surface area contributed by atoms with E-state index in [1.807, 2.05) is 0 Å². The van der Waals surface area contributed by atoms with Crippen LogP contribution in [0, 0.1) is 6.92 Å². The molecule has 2 nitrogen and oxygen atoms in total. The largest absolute Gasteiger partial charge is 0.311 e. The fourth-order valence-corrected chi connectivity index (χ4v) is 4.05. The highest BCUT2D eigenvalue weighted by molar-refractivity contribution is 5.28. The Morgan fingerprint density at radius 2 is 1.85 bits per heavy atom. The third-order valence-corrected chi connectivity index (χ3v) is 5.16.